The Kier molecular flexibility index (Phi) is 5.12. The zero-order chi connectivity index (χ0) is 13.7. The second-order valence-electron chi connectivity index (χ2n) is 5.03. The van der Waals surface area contributed by atoms with Crippen LogP contribution in [-0.2, 0) is 0 Å². The summed E-state index contributed by atoms with van der Waals surface area (Å²) in [7, 11) is 0. The molecule has 2 atom stereocenters. The Morgan fingerprint density at radius 3 is 2.89 bits per heavy atom. The molecule has 3 N–H and O–H groups in total. The maximum absolute atomic E-state index is 9.35. The molecule has 19 heavy (non-hydrogen) atoms. The van der Waals surface area contributed by atoms with Crippen LogP contribution in [0.4, 0.5) is 5.69 Å². The molecule has 1 fully saturated rings. The van der Waals surface area contributed by atoms with Gasteiger partial charge in [0.05, 0.1) is 11.3 Å². The Morgan fingerprint density at radius 1 is 1.42 bits per heavy atom. The molecule has 4 heteroatoms. The summed E-state index contributed by atoms with van der Waals surface area (Å²) in [4.78, 5) is 1.03. The fraction of sp³-hybridized carbons (Fsp3) is 0.533. The zero-order valence-corrected chi connectivity index (χ0v) is 12.2. The molecule has 0 saturated heterocycles. The summed E-state index contributed by atoms with van der Waals surface area (Å²) in [5.74, 6) is 0.526. The summed E-state index contributed by atoms with van der Waals surface area (Å²) < 4.78 is 0. The molecule has 1 aromatic rings. The van der Waals surface area contributed by atoms with Gasteiger partial charge in [-0.05, 0) is 43.7 Å². The van der Waals surface area contributed by atoms with Gasteiger partial charge in [-0.1, -0.05) is 18.9 Å². The van der Waals surface area contributed by atoms with Gasteiger partial charge in [-0.2, -0.15) is 5.26 Å². The quantitative estimate of drug-likeness (QED) is 0.828. The third-order valence-corrected chi connectivity index (χ3v) is 4.69. The molecule has 0 amide bonds. The first-order valence-electron chi connectivity index (χ1n) is 6.83. The van der Waals surface area contributed by atoms with Crippen molar-refractivity contribution in [3.05, 3.63) is 23.8 Å². The van der Waals surface area contributed by atoms with Crippen LogP contribution in [0.1, 0.15) is 31.2 Å². The largest absolute Gasteiger partial charge is 0.381 e. The van der Waals surface area contributed by atoms with Gasteiger partial charge in [0, 0.05) is 10.9 Å². The summed E-state index contributed by atoms with van der Waals surface area (Å²) in [6.07, 6.45) is 6.87. The van der Waals surface area contributed by atoms with Crippen LogP contribution in [0.5, 0.6) is 0 Å². The van der Waals surface area contributed by atoms with Crippen molar-refractivity contribution in [2.75, 3.05) is 18.1 Å². The Morgan fingerprint density at radius 2 is 2.21 bits per heavy atom. The number of rotatable bonds is 4. The predicted molar refractivity (Wildman–Crippen MR) is 81.4 cm³/mol. The average Bonchev–Trinajstić information content (AvgIpc) is 2.47. The summed E-state index contributed by atoms with van der Waals surface area (Å²) in [6, 6.07) is 8.73. The smallest absolute Gasteiger partial charge is 0.102 e. The highest BCUT2D eigenvalue weighted by Crippen LogP contribution is 2.31. The minimum absolute atomic E-state index is 0.406. The molecule has 1 aliphatic rings. The molecular weight excluding hydrogens is 254 g/mol. The fourth-order valence-electron chi connectivity index (χ4n) is 2.82. The molecule has 0 heterocycles. The Hall–Kier alpha value is -1.18. The SMILES string of the molecule is CSc1cccc(NC2CCCCC2CN)c1C#N. The highest BCUT2D eigenvalue weighted by molar-refractivity contribution is 7.98. The molecule has 102 valence electrons. The van der Waals surface area contributed by atoms with Crippen molar-refractivity contribution in [1.82, 2.24) is 0 Å². The van der Waals surface area contributed by atoms with Gasteiger partial charge in [0.15, 0.2) is 0 Å². The minimum atomic E-state index is 0.406. The van der Waals surface area contributed by atoms with E-state index >= 15 is 0 Å². The molecule has 0 aliphatic heterocycles. The van der Waals surface area contributed by atoms with Crippen LogP contribution in [-0.4, -0.2) is 18.8 Å². The molecule has 0 bridgehead atoms. The van der Waals surface area contributed by atoms with Gasteiger partial charge >= 0.3 is 0 Å². The van der Waals surface area contributed by atoms with Crippen molar-refractivity contribution in [2.45, 2.75) is 36.6 Å². The molecule has 1 saturated carbocycles. The number of nitriles is 1. The van der Waals surface area contributed by atoms with E-state index < -0.39 is 0 Å². The third-order valence-electron chi connectivity index (χ3n) is 3.91. The number of nitrogens with one attached hydrogen (secondary N) is 1. The van der Waals surface area contributed by atoms with Gasteiger partial charge in [-0.3, -0.25) is 0 Å². The van der Waals surface area contributed by atoms with Gasteiger partial charge < -0.3 is 11.1 Å². The number of hydrogen-bond acceptors (Lipinski definition) is 4. The Labute approximate surface area is 119 Å². The lowest BCUT2D eigenvalue weighted by Gasteiger charge is -2.32. The van der Waals surface area contributed by atoms with E-state index in [4.69, 9.17) is 5.73 Å². The molecule has 1 aromatic carbocycles. The van der Waals surface area contributed by atoms with Crippen LogP contribution in [0.25, 0.3) is 0 Å². The first-order chi connectivity index (χ1) is 9.30. The van der Waals surface area contributed by atoms with Crippen molar-refractivity contribution in [3.8, 4) is 6.07 Å². The van der Waals surface area contributed by atoms with Crippen LogP contribution in [0, 0.1) is 17.2 Å². The van der Waals surface area contributed by atoms with E-state index in [1.807, 2.05) is 24.5 Å². The lowest BCUT2D eigenvalue weighted by Crippen LogP contribution is -2.36. The van der Waals surface area contributed by atoms with E-state index in [2.05, 4.69) is 11.4 Å². The topological polar surface area (TPSA) is 61.8 Å². The highest BCUT2D eigenvalue weighted by Gasteiger charge is 2.24. The van der Waals surface area contributed by atoms with Gasteiger partial charge in [-0.15, -0.1) is 11.8 Å². The van der Waals surface area contributed by atoms with Crippen LogP contribution >= 0.6 is 11.8 Å². The molecule has 0 aromatic heterocycles. The number of nitrogens with zero attached hydrogens (tertiary/aromatic N) is 1. The average molecular weight is 275 g/mol. The normalized spacial score (nSPS) is 22.8. The van der Waals surface area contributed by atoms with Crippen LogP contribution in [0.2, 0.25) is 0 Å². The van der Waals surface area contributed by atoms with E-state index in [-0.39, 0.29) is 0 Å². The molecular formula is C15H21N3S. The second kappa shape index (κ2) is 6.83. The summed E-state index contributed by atoms with van der Waals surface area (Å²) in [5.41, 5.74) is 7.58. The van der Waals surface area contributed by atoms with Crippen LogP contribution < -0.4 is 11.1 Å². The zero-order valence-electron chi connectivity index (χ0n) is 11.4. The van der Waals surface area contributed by atoms with Crippen molar-refractivity contribution >= 4 is 17.4 Å². The van der Waals surface area contributed by atoms with Gasteiger partial charge in [0.2, 0.25) is 0 Å². The number of nitrogens with two attached hydrogens (primary N) is 1. The Balaban J connectivity index is 2.20. The lowest BCUT2D eigenvalue weighted by atomic mass is 9.84. The maximum atomic E-state index is 9.35. The number of hydrogen-bond donors (Lipinski definition) is 2. The predicted octanol–water partition coefficient (Wildman–Crippen LogP) is 3.21. The van der Waals surface area contributed by atoms with E-state index in [0.717, 1.165) is 29.1 Å². The summed E-state index contributed by atoms with van der Waals surface area (Å²) in [6.45, 7) is 0.724. The van der Waals surface area contributed by atoms with Crippen molar-refractivity contribution in [3.63, 3.8) is 0 Å². The van der Waals surface area contributed by atoms with Crippen molar-refractivity contribution in [1.29, 1.82) is 5.26 Å². The second-order valence-corrected chi connectivity index (χ2v) is 5.87. The molecule has 3 nitrogen and oxygen atoms in total. The number of anilines is 1. The summed E-state index contributed by atoms with van der Waals surface area (Å²) >= 11 is 1.62. The van der Waals surface area contributed by atoms with Gasteiger partial charge in [-0.25, -0.2) is 0 Å². The standard InChI is InChI=1S/C15H21N3S/c1-19-15-8-4-7-14(12(15)10-17)18-13-6-3-2-5-11(13)9-16/h4,7-8,11,13,18H,2-3,5-6,9,16H2,1H3. The molecule has 0 radical (unpaired) electrons. The summed E-state index contributed by atoms with van der Waals surface area (Å²) in [5, 5.41) is 12.9. The molecule has 0 spiro atoms. The van der Waals surface area contributed by atoms with Crippen molar-refractivity contribution in [2.24, 2.45) is 11.7 Å². The molecule has 1 aliphatic carbocycles. The minimum Gasteiger partial charge on any atom is -0.381 e. The number of thioether (sulfide) groups is 1. The maximum Gasteiger partial charge on any atom is 0.102 e. The fourth-order valence-corrected chi connectivity index (χ4v) is 3.39. The molecule has 2 rings (SSSR count). The van der Waals surface area contributed by atoms with E-state index in [0.29, 0.717) is 12.0 Å². The van der Waals surface area contributed by atoms with Crippen LogP contribution in [0.15, 0.2) is 23.1 Å². The van der Waals surface area contributed by atoms with Gasteiger partial charge in [0.25, 0.3) is 0 Å². The number of benzene rings is 1. The van der Waals surface area contributed by atoms with Gasteiger partial charge in [0.1, 0.15) is 6.07 Å². The van der Waals surface area contributed by atoms with E-state index in [1.54, 1.807) is 11.8 Å². The monoisotopic (exact) mass is 275 g/mol. The van der Waals surface area contributed by atoms with E-state index in [1.165, 1.54) is 19.3 Å². The molecule has 2 unspecified atom stereocenters. The van der Waals surface area contributed by atoms with Crippen LogP contribution in [0.3, 0.4) is 0 Å². The first kappa shape index (κ1) is 14.2. The third kappa shape index (κ3) is 3.23. The highest BCUT2D eigenvalue weighted by atomic mass is 32.2. The van der Waals surface area contributed by atoms with Crippen molar-refractivity contribution < 1.29 is 0 Å². The lowest BCUT2D eigenvalue weighted by molar-refractivity contribution is 0.332. The van der Waals surface area contributed by atoms with E-state index in [9.17, 15) is 5.26 Å². The Bertz CT molecular complexity index is 467. The first-order valence-corrected chi connectivity index (χ1v) is 8.06.